The van der Waals surface area contributed by atoms with E-state index >= 15 is 0 Å². The first-order valence-electron chi connectivity index (χ1n) is 4.36. The van der Waals surface area contributed by atoms with Crippen LogP contribution in [0.2, 0.25) is 5.02 Å². The van der Waals surface area contributed by atoms with Crippen molar-refractivity contribution in [2.45, 2.75) is 33.3 Å². The highest BCUT2D eigenvalue weighted by Gasteiger charge is 2.22. The van der Waals surface area contributed by atoms with Crippen LogP contribution in [-0.4, -0.2) is 21.5 Å². The summed E-state index contributed by atoms with van der Waals surface area (Å²) in [6.45, 7) is 7.07. The van der Waals surface area contributed by atoms with E-state index < -0.39 is 11.7 Å². The Morgan fingerprint density at radius 1 is 1.53 bits per heavy atom. The molecule has 0 N–H and O–H groups in total. The van der Waals surface area contributed by atoms with Gasteiger partial charge in [-0.05, 0) is 43.6 Å². The van der Waals surface area contributed by atoms with Crippen LogP contribution in [0.25, 0.3) is 0 Å². The highest BCUT2D eigenvalue weighted by atomic mass is 79.9. The third-order valence-electron chi connectivity index (χ3n) is 1.57. The molecule has 1 rings (SSSR count). The number of hydrogen-bond acceptors (Lipinski definition) is 3. The summed E-state index contributed by atoms with van der Waals surface area (Å²) in [6.07, 6.45) is -0.535. The van der Waals surface area contributed by atoms with Crippen molar-refractivity contribution in [1.82, 2.24) is 9.78 Å². The maximum absolute atomic E-state index is 11.6. The van der Waals surface area contributed by atoms with E-state index in [9.17, 15) is 4.79 Å². The fourth-order valence-corrected chi connectivity index (χ4v) is 1.50. The molecule has 0 unspecified atom stereocenters. The van der Waals surface area contributed by atoms with Gasteiger partial charge in [0, 0.05) is 0 Å². The average molecular weight is 296 g/mol. The maximum atomic E-state index is 11.6. The van der Waals surface area contributed by atoms with Crippen molar-refractivity contribution >= 4 is 33.6 Å². The zero-order valence-corrected chi connectivity index (χ0v) is 11.3. The quantitative estimate of drug-likeness (QED) is 0.737. The average Bonchev–Trinajstić information content (AvgIpc) is 2.30. The number of halogens is 2. The number of hydrogen-bond donors (Lipinski definition) is 0. The van der Waals surface area contributed by atoms with E-state index in [1.54, 1.807) is 27.7 Å². The largest absolute Gasteiger partial charge is 0.442 e. The lowest BCUT2D eigenvalue weighted by molar-refractivity contribution is 0.0510. The van der Waals surface area contributed by atoms with Crippen LogP contribution in [0.15, 0.2) is 4.60 Å². The van der Waals surface area contributed by atoms with Crippen LogP contribution in [0, 0.1) is 6.92 Å². The predicted molar refractivity (Wildman–Crippen MR) is 61.3 cm³/mol. The summed E-state index contributed by atoms with van der Waals surface area (Å²) in [5, 5.41) is 4.34. The SMILES string of the molecule is Cc1c(Cl)c(Br)nn1C(=O)OC(C)(C)C. The van der Waals surface area contributed by atoms with Crippen molar-refractivity contribution in [1.29, 1.82) is 0 Å². The van der Waals surface area contributed by atoms with Gasteiger partial charge in [0.25, 0.3) is 0 Å². The lowest BCUT2D eigenvalue weighted by Gasteiger charge is -2.19. The van der Waals surface area contributed by atoms with Gasteiger partial charge in [0.1, 0.15) is 10.2 Å². The van der Waals surface area contributed by atoms with Crippen LogP contribution in [-0.2, 0) is 4.74 Å². The number of ether oxygens (including phenoxy) is 1. The molecule has 84 valence electrons. The summed E-state index contributed by atoms with van der Waals surface area (Å²) in [7, 11) is 0. The second-order valence-electron chi connectivity index (χ2n) is 4.08. The molecule has 0 saturated carbocycles. The van der Waals surface area contributed by atoms with Gasteiger partial charge in [-0.3, -0.25) is 0 Å². The van der Waals surface area contributed by atoms with E-state index in [1.165, 1.54) is 0 Å². The third-order valence-corrected chi connectivity index (χ3v) is 2.81. The molecule has 0 spiro atoms. The molecule has 0 aromatic carbocycles. The molecule has 0 aliphatic rings. The standard InChI is InChI=1S/C9H12BrClN2O2/c1-5-6(11)7(10)12-13(5)8(14)15-9(2,3)4/h1-4H3. The van der Waals surface area contributed by atoms with Crippen LogP contribution >= 0.6 is 27.5 Å². The minimum atomic E-state index is -0.547. The van der Waals surface area contributed by atoms with E-state index in [0.717, 1.165) is 4.68 Å². The normalized spacial score (nSPS) is 11.6. The minimum absolute atomic E-state index is 0.417. The number of carbonyl (C=O) groups excluding carboxylic acids is 1. The van der Waals surface area contributed by atoms with E-state index in [2.05, 4.69) is 21.0 Å². The molecule has 0 aliphatic carbocycles. The lowest BCUT2D eigenvalue weighted by Crippen LogP contribution is -2.28. The molecule has 15 heavy (non-hydrogen) atoms. The number of nitrogens with zero attached hydrogens (tertiary/aromatic N) is 2. The van der Waals surface area contributed by atoms with E-state index in [4.69, 9.17) is 16.3 Å². The van der Waals surface area contributed by atoms with Gasteiger partial charge < -0.3 is 4.74 Å². The smallest absolute Gasteiger partial charge is 0.435 e. The number of carbonyl (C=O) groups is 1. The second-order valence-corrected chi connectivity index (χ2v) is 5.21. The Labute approximate surface area is 102 Å². The van der Waals surface area contributed by atoms with Gasteiger partial charge >= 0.3 is 6.09 Å². The Hall–Kier alpha value is -0.550. The topological polar surface area (TPSA) is 44.1 Å². The second kappa shape index (κ2) is 4.14. The van der Waals surface area contributed by atoms with Crippen LogP contribution < -0.4 is 0 Å². The van der Waals surface area contributed by atoms with Crippen molar-refractivity contribution in [3.63, 3.8) is 0 Å². The van der Waals surface area contributed by atoms with Crippen molar-refractivity contribution in [3.8, 4) is 0 Å². The Morgan fingerprint density at radius 2 is 2.07 bits per heavy atom. The Kier molecular flexibility index (Phi) is 3.45. The highest BCUT2D eigenvalue weighted by Crippen LogP contribution is 2.25. The van der Waals surface area contributed by atoms with Crippen molar-refractivity contribution < 1.29 is 9.53 Å². The van der Waals surface area contributed by atoms with E-state index in [-0.39, 0.29) is 0 Å². The molecular weight excluding hydrogens is 283 g/mol. The summed E-state index contributed by atoms with van der Waals surface area (Å²) in [4.78, 5) is 11.6. The summed E-state index contributed by atoms with van der Waals surface area (Å²) >= 11 is 9.02. The van der Waals surface area contributed by atoms with Crippen LogP contribution in [0.5, 0.6) is 0 Å². The molecule has 0 radical (unpaired) electrons. The van der Waals surface area contributed by atoms with Gasteiger partial charge in [-0.25, -0.2) is 4.79 Å². The molecule has 0 aliphatic heterocycles. The van der Waals surface area contributed by atoms with Gasteiger partial charge in [-0.1, -0.05) is 11.6 Å². The van der Waals surface area contributed by atoms with E-state index in [0.29, 0.717) is 15.3 Å². The van der Waals surface area contributed by atoms with Crippen LogP contribution in [0.4, 0.5) is 4.79 Å². The Bertz CT molecular complexity index is 396. The molecule has 1 aromatic heterocycles. The minimum Gasteiger partial charge on any atom is -0.442 e. The Balaban J connectivity index is 2.98. The van der Waals surface area contributed by atoms with Gasteiger partial charge in [-0.15, -0.1) is 0 Å². The summed E-state index contributed by atoms with van der Waals surface area (Å²) in [6, 6.07) is 0. The molecule has 0 atom stereocenters. The fraction of sp³-hybridized carbons (Fsp3) is 0.556. The molecule has 1 heterocycles. The van der Waals surface area contributed by atoms with Crippen molar-refractivity contribution in [2.24, 2.45) is 0 Å². The predicted octanol–water partition coefficient (Wildman–Crippen LogP) is 3.39. The number of rotatable bonds is 0. The molecule has 6 heteroatoms. The van der Waals surface area contributed by atoms with Crippen molar-refractivity contribution in [2.75, 3.05) is 0 Å². The Morgan fingerprint density at radius 3 is 2.40 bits per heavy atom. The molecule has 4 nitrogen and oxygen atoms in total. The first kappa shape index (κ1) is 12.5. The van der Waals surface area contributed by atoms with Gasteiger partial charge in [0.2, 0.25) is 0 Å². The third kappa shape index (κ3) is 2.95. The fourth-order valence-electron chi connectivity index (χ4n) is 0.932. The van der Waals surface area contributed by atoms with Gasteiger partial charge in [0.15, 0.2) is 0 Å². The van der Waals surface area contributed by atoms with E-state index in [1.807, 2.05) is 0 Å². The lowest BCUT2D eigenvalue weighted by atomic mass is 10.2. The molecule has 0 bridgehead atoms. The van der Waals surface area contributed by atoms with Crippen molar-refractivity contribution in [3.05, 3.63) is 15.3 Å². The number of aromatic nitrogens is 2. The molecule has 0 saturated heterocycles. The van der Waals surface area contributed by atoms with Gasteiger partial charge in [0.05, 0.1) is 10.7 Å². The molecule has 1 aromatic rings. The monoisotopic (exact) mass is 294 g/mol. The summed E-state index contributed by atoms with van der Waals surface area (Å²) in [5.74, 6) is 0. The summed E-state index contributed by atoms with van der Waals surface area (Å²) < 4.78 is 6.73. The zero-order chi connectivity index (χ0) is 11.8. The zero-order valence-electron chi connectivity index (χ0n) is 8.97. The first-order valence-corrected chi connectivity index (χ1v) is 5.53. The molecular formula is C9H12BrClN2O2. The molecule has 0 fully saturated rings. The first-order chi connectivity index (χ1) is 6.72. The highest BCUT2D eigenvalue weighted by molar-refractivity contribution is 9.10. The molecule has 0 amide bonds. The maximum Gasteiger partial charge on any atom is 0.435 e. The van der Waals surface area contributed by atoms with Crippen LogP contribution in [0.3, 0.4) is 0 Å². The summed E-state index contributed by atoms with van der Waals surface area (Å²) in [5.41, 5.74) is 0.00631. The van der Waals surface area contributed by atoms with Crippen LogP contribution in [0.1, 0.15) is 26.5 Å². The van der Waals surface area contributed by atoms with Gasteiger partial charge in [-0.2, -0.15) is 9.78 Å².